The lowest BCUT2D eigenvalue weighted by Crippen LogP contribution is -1.98. The van der Waals surface area contributed by atoms with Crippen LogP contribution in [-0.2, 0) is 0 Å². The van der Waals surface area contributed by atoms with E-state index in [-0.39, 0.29) is 0 Å². The molecule has 0 amide bonds. The van der Waals surface area contributed by atoms with Crippen molar-refractivity contribution in [3.05, 3.63) is 131 Å². The Morgan fingerprint density at radius 2 is 1.29 bits per heavy atom. The maximum atomic E-state index is 4.99. The Kier molecular flexibility index (Phi) is 6.48. The molecule has 6 rings (SSSR count). The van der Waals surface area contributed by atoms with Gasteiger partial charge in [0.25, 0.3) is 0 Å². The van der Waals surface area contributed by atoms with Gasteiger partial charge in [-0.05, 0) is 61.9 Å². The highest BCUT2D eigenvalue weighted by atomic mass is 79.9. The number of halogens is 1. The van der Waals surface area contributed by atoms with E-state index >= 15 is 0 Å². The lowest BCUT2D eigenvalue weighted by atomic mass is 10.1. The summed E-state index contributed by atoms with van der Waals surface area (Å²) in [7, 11) is 0. The summed E-state index contributed by atoms with van der Waals surface area (Å²) in [4.78, 5) is 9.91. The van der Waals surface area contributed by atoms with Gasteiger partial charge in [0.1, 0.15) is 0 Å². The maximum Gasteiger partial charge on any atom is 0.160 e. The van der Waals surface area contributed by atoms with Gasteiger partial charge < -0.3 is 4.57 Å². The Balaban J connectivity index is 1.47. The molecule has 2 heterocycles. The number of hydrogen-bond donors (Lipinski definition) is 0. The van der Waals surface area contributed by atoms with Gasteiger partial charge in [-0.3, -0.25) is 0 Å². The normalized spacial score (nSPS) is 11.4. The largest absolute Gasteiger partial charge is 0.310 e. The highest BCUT2D eigenvalue weighted by Crippen LogP contribution is 2.32. The van der Waals surface area contributed by atoms with Crippen LogP contribution >= 0.6 is 15.9 Å². The number of nitrogens with zero attached hydrogens (tertiary/aromatic N) is 3. The zero-order chi connectivity index (χ0) is 26.1. The fourth-order valence-electron chi connectivity index (χ4n) is 4.92. The zero-order valence-corrected chi connectivity index (χ0v) is 22.9. The molecule has 4 aromatic carbocycles. The van der Waals surface area contributed by atoms with Crippen LogP contribution in [0.5, 0.6) is 0 Å². The molecule has 4 heteroatoms. The molecule has 0 atom stereocenters. The molecule has 184 valence electrons. The van der Waals surface area contributed by atoms with Crippen molar-refractivity contribution in [1.29, 1.82) is 0 Å². The summed E-state index contributed by atoms with van der Waals surface area (Å²) >= 11 is 3.53. The van der Waals surface area contributed by atoms with Gasteiger partial charge in [0, 0.05) is 37.9 Å². The molecular weight excluding hydrogens is 530 g/mol. The summed E-state index contributed by atoms with van der Waals surface area (Å²) in [6, 6.07) is 37.7. The molecule has 3 nitrogen and oxygen atoms in total. The fraction of sp³-hybridized carbons (Fsp3) is 0.0588. The summed E-state index contributed by atoms with van der Waals surface area (Å²) in [6.45, 7) is 4.26. The average Bonchev–Trinajstić information content (AvgIpc) is 3.25. The molecule has 0 aliphatic rings. The number of rotatable bonds is 5. The Bertz CT molecular complexity index is 1760. The average molecular weight is 557 g/mol. The number of aromatic nitrogens is 3. The summed E-state index contributed by atoms with van der Waals surface area (Å²) in [6.07, 6.45) is 4.28. The van der Waals surface area contributed by atoms with Gasteiger partial charge in [-0.1, -0.05) is 94.8 Å². The van der Waals surface area contributed by atoms with E-state index in [9.17, 15) is 0 Å². The number of para-hydroxylation sites is 1. The predicted octanol–water partition coefficient (Wildman–Crippen LogP) is 9.53. The standard InChI is InChI=1S/C34H26BrN3/c1-3-9-32-23(2)29-12-7-8-13-33(29)38(32)28-20-16-25(17-21-28)31-22-30(24-10-5-4-6-11-24)36-34(37-31)26-14-18-27(35)19-15-26/h3-22H,1-2H3/b9-3-. The van der Waals surface area contributed by atoms with Crippen molar-refractivity contribution in [2.45, 2.75) is 13.8 Å². The number of benzene rings is 4. The van der Waals surface area contributed by atoms with Crippen molar-refractivity contribution in [1.82, 2.24) is 14.5 Å². The van der Waals surface area contributed by atoms with E-state index in [4.69, 9.17) is 9.97 Å². The monoisotopic (exact) mass is 555 g/mol. The third-order valence-electron chi connectivity index (χ3n) is 6.82. The molecule has 0 saturated carbocycles. The highest BCUT2D eigenvalue weighted by Gasteiger charge is 2.15. The van der Waals surface area contributed by atoms with Gasteiger partial charge >= 0.3 is 0 Å². The van der Waals surface area contributed by atoms with Crippen LogP contribution in [0.1, 0.15) is 18.2 Å². The van der Waals surface area contributed by atoms with Crippen molar-refractivity contribution in [2.75, 3.05) is 0 Å². The van der Waals surface area contributed by atoms with Crippen LogP contribution in [0.3, 0.4) is 0 Å². The molecule has 0 spiro atoms. The first-order valence-electron chi connectivity index (χ1n) is 12.7. The molecule has 6 aromatic rings. The number of hydrogen-bond acceptors (Lipinski definition) is 2. The summed E-state index contributed by atoms with van der Waals surface area (Å²) < 4.78 is 3.36. The Hall–Kier alpha value is -4.28. The number of aryl methyl sites for hydroxylation is 1. The molecule has 0 unspecified atom stereocenters. The van der Waals surface area contributed by atoms with E-state index in [1.165, 1.54) is 22.2 Å². The second kappa shape index (κ2) is 10.2. The van der Waals surface area contributed by atoms with Crippen molar-refractivity contribution < 1.29 is 0 Å². The summed E-state index contributed by atoms with van der Waals surface area (Å²) in [5.41, 5.74) is 9.70. The summed E-state index contributed by atoms with van der Waals surface area (Å²) in [5, 5.41) is 1.27. The van der Waals surface area contributed by atoms with Gasteiger partial charge in [0.15, 0.2) is 5.82 Å². The molecule has 0 aliphatic heterocycles. The van der Waals surface area contributed by atoms with Crippen LogP contribution in [0.4, 0.5) is 0 Å². The highest BCUT2D eigenvalue weighted by molar-refractivity contribution is 9.10. The minimum Gasteiger partial charge on any atom is -0.310 e. The van der Waals surface area contributed by atoms with Crippen molar-refractivity contribution in [3.63, 3.8) is 0 Å². The zero-order valence-electron chi connectivity index (χ0n) is 21.3. The number of fused-ring (bicyclic) bond motifs is 1. The van der Waals surface area contributed by atoms with E-state index in [0.717, 1.165) is 38.2 Å². The second-order valence-corrected chi connectivity index (χ2v) is 10.2. The van der Waals surface area contributed by atoms with Crippen molar-refractivity contribution >= 4 is 32.9 Å². The van der Waals surface area contributed by atoms with Gasteiger partial charge in [-0.2, -0.15) is 0 Å². The van der Waals surface area contributed by atoms with Crippen LogP contribution in [-0.4, -0.2) is 14.5 Å². The van der Waals surface area contributed by atoms with E-state index in [1.54, 1.807) is 0 Å². The minimum atomic E-state index is 0.709. The Morgan fingerprint density at radius 3 is 1.97 bits per heavy atom. The van der Waals surface area contributed by atoms with Crippen molar-refractivity contribution in [2.24, 2.45) is 0 Å². The maximum absolute atomic E-state index is 4.99. The molecule has 0 bridgehead atoms. The Labute approximate surface area is 231 Å². The van der Waals surface area contributed by atoms with E-state index in [1.807, 2.05) is 42.5 Å². The predicted molar refractivity (Wildman–Crippen MR) is 162 cm³/mol. The smallest absolute Gasteiger partial charge is 0.160 e. The minimum absolute atomic E-state index is 0.709. The molecular formula is C34H26BrN3. The van der Waals surface area contributed by atoms with E-state index in [0.29, 0.717) is 5.82 Å². The molecule has 0 aliphatic carbocycles. The van der Waals surface area contributed by atoms with Gasteiger partial charge in [0.2, 0.25) is 0 Å². The lowest BCUT2D eigenvalue weighted by Gasteiger charge is -2.12. The van der Waals surface area contributed by atoms with Crippen molar-refractivity contribution in [3.8, 4) is 39.6 Å². The van der Waals surface area contributed by atoms with E-state index < -0.39 is 0 Å². The van der Waals surface area contributed by atoms with Gasteiger partial charge in [-0.25, -0.2) is 9.97 Å². The molecule has 2 aromatic heterocycles. The molecule has 0 fully saturated rings. The topological polar surface area (TPSA) is 30.7 Å². The van der Waals surface area contributed by atoms with Gasteiger partial charge in [0.05, 0.1) is 16.9 Å². The van der Waals surface area contributed by atoms with Crippen LogP contribution < -0.4 is 0 Å². The van der Waals surface area contributed by atoms with Gasteiger partial charge in [-0.15, -0.1) is 0 Å². The summed E-state index contributed by atoms with van der Waals surface area (Å²) in [5.74, 6) is 0.709. The molecule has 0 radical (unpaired) electrons. The SMILES string of the molecule is C/C=C\c1c(C)c2ccccc2n1-c1ccc(-c2cc(-c3ccccc3)nc(-c3ccc(Br)cc3)n2)cc1. The third-order valence-corrected chi connectivity index (χ3v) is 7.35. The van der Waals surface area contributed by atoms with E-state index in [2.05, 4.69) is 113 Å². The first-order chi connectivity index (χ1) is 18.6. The molecule has 0 saturated heterocycles. The van der Waals surface area contributed by atoms with Crippen LogP contribution in [0.2, 0.25) is 0 Å². The third kappa shape index (κ3) is 4.48. The van der Waals surface area contributed by atoms with Crippen LogP contribution in [0.15, 0.2) is 120 Å². The fourth-order valence-corrected chi connectivity index (χ4v) is 5.18. The second-order valence-electron chi connectivity index (χ2n) is 9.24. The van der Waals surface area contributed by atoms with Crippen LogP contribution in [0, 0.1) is 6.92 Å². The quantitative estimate of drug-likeness (QED) is 0.212. The molecule has 38 heavy (non-hydrogen) atoms. The number of allylic oxidation sites excluding steroid dienone is 1. The first kappa shape index (κ1) is 24.1. The lowest BCUT2D eigenvalue weighted by molar-refractivity contribution is 1.10. The van der Waals surface area contributed by atoms with Crippen LogP contribution in [0.25, 0.3) is 56.6 Å². The Morgan fingerprint density at radius 1 is 0.684 bits per heavy atom. The first-order valence-corrected chi connectivity index (χ1v) is 13.5. The molecule has 0 N–H and O–H groups in total.